The predicted molar refractivity (Wildman–Crippen MR) is 68.0 cm³/mol. The number of aliphatic carboxylic acids is 2. The van der Waals surface area contributed by atoms with E-state index >= 15 is 0 Å². The highest BCUT2D eigenvalue weighted by molar-refractivity contribution is 5.80. The molecule has 0 bridgehead atoms. The summed E-state index contributed by atoms with van der Waals surface area (Å²) in [4.78, 5) is 22.8. The largest absolute Gasteiger partial charge is 0.480 e. The van der Waals surface area contributed by atoms with E-state index in [1.165, 1.54) is 18.2 Å². The Morgan fingerprint density at radius 1 is 1.15 bits per heavy atom. The van der Waals surface area contributed by atoms with Crippen LogP contribution in [0.1, 0.15) is 11.1 Å². The lowest BCUT2D eigenvalue weighted by Crippen LogP contribution is -2.35. The van der Waals surface area contributed by atoms with Crippen molar-refractivity contribution in [2.75, 3.05) is 18.0 Å². The molecule has 0 saturated carbocycles. The van der Waals surface area contributed by atoms with Crippen LogP contribution in [-0.4, -0.2) is 35.2 Å². The summed E-state index contributed by atoms with van der Waals surface area (Å²) in [5.41, 5.74) is 1.02. The fraction of sp³-hybridized carbons (Fsp3) is 0.231. The van der Waals surface area contributed by atoms with Gasteiger partial charge >= 0.3 is 11.9 Å². The number of carboxylic acid groups (broad SMARTS) is 2. The molecule has 0 aromatic heterocycles. The number of nitrogens with zero attached hydrogens (tertiary/aromatic N) is 3. The standard InChI is InChI=1S/C13H11N3O4/c14-4-3-10-2-1-9(6-15)5-11(10)16(7-12(17)18)8-13(19)20/h1-2,5H,3,7-8H2,(H,17,18)(H,19,20). The van der Waals surface area contributed by atoms with Crippen LogP contribution in [0, 0.1) is 22.7 Å². The van der Waals surface area contributed by atoms with Gasteiger partial charge in [-0.3, -0.25) is 9.59 Å². The van der Waals surface area contributed by atoms with Gasteiger partial charge in [0.25, 0.3) is 0 Å². The van der Waals surface area contributed by atoms with Gasteiger partial charge in [-0.15, -0.1) is 0 Å². The van der Waals surface area contributed by atoms with Gasteiger partial charge in [0.1, 0.15) is 13.1 Å². The van der Waals surface area contributed by atoms with Gasteiger partial charge in [-0.2, -0.15) is 10.5 Å². The highest BCUT2D eigenvalue weighted by Gasteiger charge is 2.18. The molecule has 0 amide bonds. The fourth-order valence-corrected chi connectivity index (χ4v) is 1.72. The van der Waals surface area contributed by atoms with Crippen molar-refractivity contribution >= 4 is 17.6 Å². The summed E-state index contributed by atoms with van der Waals surface area (Å²) in [6, 6.07) is 8.22. The van der Waals surface area contributed by atoms with Gasteiger partial charge in [0, 0.05) is 5.69 Å². The highest BCUT2D eigenvalue weighted by Crippen LogP contribution is 2.22. The Morgan fingerprint density at radius 3 is 2.20 bits per heavy atom. The third-order valence-electron chi connectivity index (χ3n) is 2.48. The Balaban J connectivity index is 3.28. The maximum absolute atomic E-state index is 10.8. The quantitative estimate of drug-likeness (QED) is 0.777. The summed E-state index contributed by atoms with van der Waals surface area (Å²) in [5, 5.41) is 35.3. The average Bonchev–Trinajstić information content (AvgIpc) is 2.37. The lowest BCUT2D eigenvalue weighted by atomic mass is 10.1. The number of nitriles is 2. The third-order valence-corrected chi connectivity index (χ3v) is 2.48. The van der Waals surface area contributed by atoms with Crippen LogP contribution in [0.25, 0.3) is 0 Å². The molecule has 0 fully saturated rings. The van der Waals surface area contributed by atoms with Crippen molar-refractivity contribution in [3.8, 4) is 12.1 Å². The molecule has 0 atom stereocenters. The summed E-state index contributed by atoms with van der Waals surface area (Å²) in [7, 11) is 0. The molecule has 1 rings (SSSR count). The van der Waals surface area contributed by atoms with Crippen LogP contribution < -0.4 is 4.90 Å². The molecular formula is C13H11N3O4. The Labute approximate surface area is 114 Å². The Hall–Kier alpha value is -3.06. The number of hydrogen-bond donors (Lipinski definition) is 2. The van der Waals surface area contributed by atoms with Gasteiger partial charge in [-0.1, -0.05) is 6.07 Å². The van der Waals surface area contributed by atoms with Crippen LogP contribution in [0.2, 0.25) is 0 Å². The summed E-state index contributed by atoms with van der Waals surface area (Å²) < 4.78 is 0. The molecule has 7 heteroatoms. The number of carboxylic acids is 2. The van der Waals surface area contributed by atoms with Gasteiger partial charge in [0.2, 0.25) is 0 Å². The monoisotopic (exact) mass is 273 g/mol. The van der Waals surface area contributed by atoms with E-state index in [1.807, 2.05) is 12.1 Å². The molecule has 0 unspecified atom stereocenters. The van der Waals surface area contributed by atoms with E-state index in [2.05, 4.69) is 0 Å². The van der Waals surface area contributed by atoms with E-state index in [4.69, 9.17) is 20.7 Å². The summed E-state index contributed by atoms with van der Waals surface area (Å²) in [6.07, 6.45) is -0.00319. The third kappa shape index (κ3) is 4.00. The highest BCUT2D eigenvalue weighted by atomic mass is 16.4. The van der Waals surface area contributed by atoms with Crippen molar-refractivity contribution in [2.45, 2.75) is 6.42 Å². The molecule has 0 spiro atoms. The van der Waals surface area contributed by atoms with Crippen LogP contribution >= 0.6 is 0 Å². The molecule has 0 saturated heterocycles. The second kappa shape index (κ2) is 6.76. The van der Waals surface area contributed by atoms with Crippen LogP contribution in [0.4, 0.5) is 5.69 Å². The van der Waals surface area contributed by atoms with E-state index in [0.717, 1.165) is 4.90 Å². The van der Waals surface area contributed by atoms with E-state index in [-0.39, 0.29) is 17.7 Å². The normalized spacial score (nSPS) is 9.30. The van der Waals surface area contributed by atoms with Crippen molar-refractivity contribution in [3.05, 3.63) is 29.3 Å². The molecule has 1 aromatic carbocycles. The minimum absolute atomic E-state index is 0.00319. The summed E-state index contributed by atoms with van der Waals surface area (Å²) >= 11 is 0. The molecule has 1 aromatic rings. The maximum Gasteiger partial charge on any atom is 0.323 e. The fourth-order valence-electron chi connectivity index (χ4n) is 1.72. The number of benzene rings is 1. The molecule has 102 valence electrons. The molecule has 2 N–H and O–H groups in total. The molecule has 0 aliphatic rings. The van der Waals surface area contributed by atoms with Gasteiger partial charge < -0.3 is 15.1 Å². The van der Waals surface area contributed by atoms with Gasteiger partial charge in [-0.05, 0) is 17.7 Å². The second-order valence-electron chi connectivity index (χ2n) is 3.93. The Morgan fingerprint density at radius 2 is 1.75 bits per heavy atom. The predicted octanol–water partition coefficient (Wildman–Crippen LogP) is 0.600. The van der Waals surface area contributed by atoms with Crippen molar-refractivity contribution < 1.29 is 19.8 Å². The van der Waals surface area contributed by atoms with Crippen LogP contribution in [0.3, 0.4) is 0 Å². The minimum Gasteiger partial charge on any atom is -0.480 e. The number of anilines is 1. The zero-order chi connectivity index (χ0) is 15.1. The lowest BCUT2D eigenvalue weighted by Gasteiger charge is -2.23. The summed E-state index contributed by atoms with van der Waals surface area (Å²) in [6.45, 7) is -1.06. The minimum atomic E-state index is -1.20. The van der Waals surface area contributed by atoms with E-state index < -0.39 is 25.0 Å². The van der Waals surface area contributed by atoms with Crippen molar-refractivity contribution in [1.29, 1.82) is 10.5 Å². The Bertz CT molecular complexity index is 597. The molecule has 20 heavy (non-hydrogen) atoms. The van der Waals surface area contributed by atoms with E-state index in [0.29, 0.717) is 5.56 Å². The molecule has 0 aliphatic heterocycles. The Kier molecular flexibility index (Phi) is 5.07. The smallest absolute Gasteiger partial charge is 0.323 e. The van der Waals surface area contributed by atoms with Crippen LogP contribution in [-0.2, 0) is 16.0 Å². The van der Waals surface area contributed by atoms with E-state index in [1.54, 1.807) is 0 Å². The molecule has 7 nitrogen and oxygen atoms in total. The lowest BCUT2D eigenvalue weighted by molar-refractivity contribution is -0.136. The first kappa shape index (κ1) is 15.0. The molecule has 0 radical (unpaired) electrons. The van der Waals surface area contributed by atoms with Gasteiger partial charge in [0.05, 0.1) is 24.1 Å². The molecule has 0 heterocycles. The second-order valence-corrected chi connectivity index (χ2v) is 3.93. The first-order valence-electron chi connectivity index (χ1n) is 5.56. The van der Waals surface area contributed by atoms with Crippen molar-refractivity contribution in [1.82, 2.24) is 0 Å². The number of hydrogen-bond acceptors (Lipinski definition) is 5. The van der Waals surface area contributed by atoms with Crippen LogP contribution in [0.5, 0.6) is 0 Å². The maximum atomic E-state index is 10.8. The zero-order valence-electron chi connectivity index (χ0n) is 10.4. The summed E-state index contributed by atoms with van der Waals surface area (Å²) in [5.74, 6) is -2.40. The van der Waals surface area contributed by atoms with Crippen molar-refractivity contribution in [3.63, 3.8) is 0 Å². The van der Waals surface area contributed by atoms with Crippen molar-refractivity contribution in [2.24, 2.45) is 0 Å². The van der Waals surface area contributed by atoms with E-state index in [9.17, 15) is 9.59 Å². The van der Waals surface area contributed by atoms with Gasteiger partial charge in [0.15, 0.2) is 0 Å². The average molecular weight is 273 g/mol. The first-order chi connectivity index (χ1) is 9.47. The molecule has 0 aliphatic carbocycles. The van der Waals surface area contributed by atoms with Crippen LogP contribution in [0.15, 0.2) is 18.2 Å². The van der Waals surface area contributed by atoms with Gasteiger partial charge in [-0.25, -0.2) is 0 Å². The number of rotatable bonds is 6. The SMILES string of the molecule is N#CCc1ccc(C#N)cc1N(CC(=O)O)CC(=O)O. The topological polar surface area (TPSA) is 125 Å². The number of carbonyl (C=O) groups is 2. The zero-order valence-corrected chi connectivity index (χ0v) is 10.4. The first-order valence-corrected chi connectivity index (χ1v) is 5.56. The molecular weight excluding hydrogens is 262 g/mol.